The molecule has 3 aromatic carbocycles. The minimum atomic E-state index is -3.96. The van der Waals surface area contributed by atoms with Gasteiger partial charge in [-0.3, -0.25) is 9.10 Å². The van der Waals surface area contributed by atoms with Crippen LogP contribution in [-0.4, -0.2) is 40.6 Å². The number of hydrogen-bond acceptors (Lipinski definition) is 8. The van der Waals surface area contributed by atoms with E-state index >= 15 is 0 Å². The standard InChI is InChI=1S/C37H35N3O6S2/c1-5-45-29-18-16-25(17-19-29)14-15-26-20-31-32(23-38)35(47-34(31)37(2,3)22-26)39-33(41)24-46-36(42)27-10-9-13-30(21-27)48(43,44)40(4)28-11-7-6-8-12-28/h6-21H,5,22,24H2,1-4H3,(H,39,41)/b15-14+. The number of para-hydroxylation sites is 1. The molecule has 1 aromatic heterocycles. The second-order valence-electron chi connectivity index (χ2n) is 11.7. The Morgan fingerprint density at radius 2 is 1.77 bits per heavy atom. The zero-order valence-electron chi connectivity index (χ0n) is 27.0. The fourth-order valence-electron chi connectivity index (χ4n) is 5.36. The number of benzene rings is 3. The summed E-state index contributed by atoms with van der Waals surface area (Å²) in [6, 6.07) is 24.1. The SMILES string of the molecule is CCOc1ccc(/C=C/C2=Cc3c(sc(NC(=O)COC(=O)c4cccc(S(=O)(=O)N(C)c5ccccc5)c4)c3C#N)C(C)(C)C2)cc1. The van der Waals surface area contributed by atoms with E-state index in [1.54, 1.807) is 30.3 Å². The number of sulfonamides is 1. The topological polar surface area (TPSA) is 126 Å². The molecule has 1 N–H and O–H groups in total. The van der Waals surface area contributed by atoms with E-state index in [0.29, 0.717) is 22.9 Å². The zero-order valence-corrected chi connectivity index (χ0v) is 28.7. The van der Waals surface area contributed by atoms with Crippen molar-refractivity contribution in [1.29, 1.82) is 5.26 Å². The lowest BCUT2D eigenvalue weighted by Gasteiger charge is -2.29. The Balaban J connectivity index is 1.27. The molecule has 5 rings (SSSR count). The number of esters is 1. The lowest BCUT2D eigenvalue weighted by atomic mass is 9.77. The summed E-state index contributed by atoms with van der Waals surface area (Å²) in [7, 11) is -2.53. The molecular weight excluding hydrogens is 647 g/mol. The van der Waals surface area contributed by atoms with Gasteiger partial charge in [-0.1, -0.05) is 62.4 Å². The van der Waals surface area contributed by atoms with Crippen LogP contribution in [0.4, 0.5) is 10.7 Å². The average molecular weight is 682 g/mol. The fraction of sp³-hybridized carbons (Fsp3) is 0.216. The molecular formula is C37H35N3O6S2. The smallest absolute Gasteiger partial charge is 0.338 e. The minimum absolute atomic E-state index is 0.0210. The maximum absolute atomic E-state index is 13.2. The number of anilines is 2. The number of thiophene rings is 1. The van der Waals surface area contributed by atoms with Crippen LogP contribution in [-0.2, 0) is 25.0 Å². The summed E-state index contributed by atoms with van der Waals surface area (Å²) in [6.45, 7) is 6.12. The van der Waals surface area contributed by atoms with Crippen molar-refractivity contribution in [2.45, 2.75) is 37.5 Å². The van der Waals surface area contributed by atoms with Crippen molar-refractivity contribution < 1.29 is 27.5 Å². The van der Waals surface area contributed by atoms with E-state index in [9.17, 15) is 23.3 Å². The first-order valence-electron chi connectivity index (χ1n) is 15.2. The Bertz CT molecular complexity index is 2040. The monoisotopic (exact) mass is 681 g/mol. The number of ether oxygens (including phenoxy) is 2. The van der Waals surface area contributed by atoms with Gasteiger partial charge in [-0.25, -0.2) is 13.2 Å². The summed E-state index contributed by atoms with van der Waals surface area (Å²) >= 11 is 1.33. The van der Waals surface area contributed by atoms with Crippen molar-refractivity contribution in [2.75, 3.05) is 29.9 Å². The number of carbonyl (C=O) groups excluding carboxylic acids is 2. The Kier molecular flexibility index (Phi) is 10.2. The van der Waals surface area contributed by atoms with E-state index in [4.69, 9.17) is 9.47 Å². The number of rotatable bonds is 11. The minimum Gasteiger partial charge on any atom is -0.494 e. The van der Waals surface area contributed by atoms with Gasteiger partial charge in [0, 0.05) is 22.9 Å². The third-order valence-corrected chi connectivity index (χ3v) is 11.0. The molecule has 48 heavy (non-hydrogen) atoms. The summed E-state index contributed by atoms with van der Waals surface area (Å²) in [5.41, 5.74) is 3.31. The molecule has 0 saturated heterocycles. The third-order valence-electron chi connectivity index (χ3n) is 7.76. The molecule has 0 aliphatic heterocycles. The van der Waals surface area contributed by atoms with Crippen molar-refractivity contribution in [3.05, 3.63) is 118 Å². The number of nitrogens with zero attached hydrogens (tertiary/aromatic N) is 2. The highest BCUT2D eigenvalue weighted by Gasteiger charge is 2.33. The second kappa shape index (κ2) is 14.3. The molecule has 4 aromatic rings. The molecule has 0 unspecified atom stereocenters. The molecule has 0 saturated carbocycles. The molecule has 0 fully saturated rings. The largest absolute Gasteiger partial charge is 0.494 e. The summed E-state index contributed by atoms with van der Waals surface area (Å²) in [5.74, 6) is -0.669. The molecule has 11 heteroatoms. The Morgan fingerprint density at radius 1 is 1.04 bits per heavy atom. The second-order valence-corrected chi connectivity index (χ2v) is 14.7. The van der Waals surface area contributed by atoms with Crippen LogP contribution in [0, 0.1) is 11.3 Å². The van der Waals surface area contributed by atoms with Gasteiger partial charge < -0.3 is 14.8 Å². The first-order chi connectivity index (χ1) is 22.9. The van der Waals surface area contributed by atoms with Crippen molar-refractivity contribution in [3.8, 4) is 11.8 Å². The zero-order chi connectivity index (χ0) is 34.5. The van der Waals surface area contributed by atoms with Crippen LogP contribution >= 0.6 is 11.3 Å². The van der Waals surface area contributed by atoms with Crippen LogP contribution in [0.3, 0.4) is 0 Å². The predicted molar refractivity (Wildman–Crippen MR) is 189 cm³/mol. The molecule has 1 heterocycles. The molecule has 1 aliphatic carbocycles. The van der Waals surface area contributed by atoms with E-state index in [2.05, 4.69) is 25.2 Å². The number of carbonyl (C=O) groups is 2. The van der Waals surface area contributed by atoms with Crippen LogP contribution in [0.1, 0.15) is 59.1 Å². The van der Waals surface area contributed by atoms with Crippen molar-refractivity contribution in [1.82, 2.24) is 0 Å². The lowest BCUT2D eigenvalue weighted by molar-refractivity contribution is -0.119. The highest BCUT2D eigenvalue weighted by Crippen LogP contribution is 2.47. The van der Waals surface area contributed by atoms with E-state index in [-0.39, 0.29) is 15.9 Å². The van der Waals surface area contributed by atoms with Crippen LogP contribution in [0.25, 0.3) is 12.2 Å². The highest BCUT2D eigenvalue weighted by molar-refractivity contribution is 7.92. The molecule has 9 nitrogen and oxygen atoms in total. The summed E-state index contributed by atoms with van der Waals surface area (Å²) in [6.07, 6.45) is 6.77. The van der Waals surface area contributed by atoms with Gasteiger partial charge in [0.1, 0.15) is 16.8 Å². The first kappa shape index (κ1) is 34.2. The molecule has 0 atom stereocenters. The van der Waals surface area contributed by atoms with Crippen molar-refractivity contribution in [2.24, 2.45) is 0 Å². The van der Waals surface area contributed by atoms with Gasteiger partial charge in [0.05, 0.1) is 28.3 Å². The summed E-state index contributed by atoms with van der Waals surface area (Å²) < 4.78 is 38.3. The molecule has 1 aliphatic rings. The molecule has 0 radical (unpaired) electrons. The normalized spacial score (nSPS) is 13.6. The van der Waals surface area contributed by atoms with Gasteiger partial charge in [-0.05, 0) is 73.0 Å². The maximum atomic E-state index is 13.2. The third kappa shape index (κ3) is 7.51. The number of nitriles is 1. The van der Waals surface area contributed by atoms with E-state index < -0.39 is 28.5 Å². The maximum Gasteiger partial charge on any atom is 0.338 e. The predicted octanol–water partition coefficient (Wildman–Crippen LogP) is 7.42. The van der Waals surface area contributed by atoms with E-state index in [0.717, 1.165) is 38.1 Å². The van der Waals surface area contributed by atoms with Gasteiger partial charge in [0.2, 0.25) is 0 Å². The molecule has 1 amide bonds. The number of nitrogens with one attached hydrogen (secondary N) is 1. The summed E-state index contributed by atoms with van der Waals surface area (Å²) in [4.78, 5) is 26.7. The number of hydrogen-bond donors (Lipinski definition) is 1. The Morgan fingerprint density at radius 3 is 2.46 bits per heavy atom. The average Bonchev–Trinajstić information content (AvgIpc) is 3.44. The number of allylic oxidation sites excluding steroid dienone is 2. The van der Waals surface area contributed by atoms with Crippen LogP contribution < -0.4 is 14.4 Å². The van der Waals surface area contributed by atoms with E-state index in [1.165, 1.54) is 42.6 Å². The van der Waals surface area contributed by atoms with Crippen LogP contribution in [0.2, 0.25) is 0 Å². The number of amides is 1. The van der Waals surface area contributed by atoms with Gasteiger partial charge >= 0.3 is 5.97 Å². The quantitative estimate of drug-likeness (QED) is 0.163. The van der Waals surface area contributed by atoms with Crippen LogP contribution in [0.5, 0.6) is 5.75 Å². The fourth-order valence-corrected chi connectivity index (χ4v) is 7.85. The highest BCUT2D eigenvalue weighted by atomic mass is 32.2. The van der Waals surface area contributed by atoms with Gasteiger partial charge in [0.15, 0.2) is 6.61 Å². The Hall–Kier alpha value is -5.18. The van der Waals surface area contributed by atoms with Gasteiger partial charge in [-0.15, -0.1) is 11.3 Å². The van der Waals surface area contributed by atoms with Crippen LogP contribution in [0.15, 0.2) is 95.4 Å². The summed E-state index contributed by atoms with van der Waals surface area (Å²) in [5, 5.41) is 13.2. The van der Waals surface area contributed by atoms with Gasteiger partial charge in [-0.2, -0.15) is 5.26 Å². The molecule has 246 valence electrons. The lowest BCUT2D eigenvalue weighted by Crippen LogP contribution is -2.26. The first-order valence-corrected chi connectivity index (χ1v) is 17.5. The molecule has 0 bridgehead atoms. The van der Waals surface area contributed by atoms with E-state index in [1.807, 2.05) is 49.4 Å². The van der Waals surface area contributed by atoms with Gasteiger partial charge in [0.25, 0.3) is 15.9 Å². The Labute approximate surface area is 284 Å². The van der Waals surface area contributed by atoms with Crippen molar-refractivity contribution in [3.63, 3.8) is 0 Å². The van der Waals surface area contributed by atoms with Crippen molar-refractivity contribution >= 4 is 56.1 Å². The number of fused-ring (bicyclic) bond motifs is 1. The molecule has 0 spiro atoms.